The lowest BCUT2D eigenvalue weighted by Crippen LogP contribution is -2.08. The van der Waals surface area contributed by atoms with Crippen LogP contribution in [-0.2, 0) is 16.3 Å². The molecule has 78 valence electrons. The zero-order valence-electron chi connectivity index (χ0n) is 8.32. The van der Waals surface area contributed by atoms with Gasteiger partial charge in [-0.05, 0) is 24.5 Å². The van der Waals surface area contributed by atoms with Gasteiger partial charge in [-0.1, -0.05) is 6.07 Å². The van der Waals surface area contributed by atoms with Crippen molar-refractivity contribution in [2.75, 3.05) is 17.7 Å². The van der Waals surface area contributed by atoms with E-state index in [1.807, 2.05) is 13.0 Å². The van der Waals surface area contributed by atoms with Gasteiger partial charge in [-0.25, -0.2) is 13.4 Å². The van der Waals surface area contributed by atoms with Crippen LogP contribution in [0.1, 0.15) is 11.1 Å². The molecular formula is C9H14N2O2S. The molecule has 0 spiro atoms. The quantitative estimate of drug-likeness (QED) is 0.798. The minimum Gasteiger partial charge on any atom is -0.383 e. The highest BCUT2D eigenvalue weighted by atomic mass is 32.2. The van der Waals surface area contributed by atoms with E-state index >= 15 is 0 Å². The number of hydrogen-bond acceptors (Lipinski definition) is 4. The van der Waals surface area contributed by atoms with E-state index in [1.54, 1.807) is 6.20 Å². The molecule has 0 saturated carbocycles. The molecule has 5 heteroatoms. The number of anilines is 1. The topological polar surface area (TPSA) is 73.0 Å². The summed E-state index contributed by atoms with van der Waals surface area (Å²) in [5, 5.41) is 0. The molecule has 0 aliphatic carbocycles. The second-order valence-electron chi connectivity index (χ2n) is 3.44. The lowest BCUT2D eigenvalue weighted by molar-refractivity contribution is 0.601. The van der Waals surface area contributed by atoms with Crippen molar-refractivity contribution in [2.45, 2.75) is 13.3 Å². The maximum Gasteiger partial charge on any atom is 0.147 e. The summed E-state index contributed by atoms with van der Waals surface area (Å²) < 4.78 is 21.9. The van der Waals surface area contributed by atoms with Crippen molar-refractivity contribution in [1.82, 2.24) is 4.98 Å². The number of aryl methyl sites for hydroxylation is 2. The Labute approximate surface area is 84.1 Å². The zero-order valence-corrected chi connectivity index (χ0v) is 9.13. The molecule has 4 nitrogen and oxygen atoms in total. The van der Waals surface area contributed by atoms with Crippen molar-refractivity contribution >= 4 is 15.7 Å². The van der Waals surface area contributed by atoms with Crippen molar-refractivity contribution in [3.8, 4) is 0 Å². The van der Waals surface area contributed by atoms with Crippen LogP contribution in [0.2, 0.25) is 0 Å². The second kappa shape index (κ2) is 3.96. The molecule has 0 saturated heterocycles. The third kappa shape index (κ3) is 3.33. The first-order chi connectivity index (χ1) is 6.38. The Hall–Kier alpha value is -1.10. The Morgan fingerprint density at radius 2 is 2.14 bits per heavy atom. The van der Waals surface area contributed by atoms with E-state index in [0.29, 0.717) is 12.2 Å². The van der Waals surface area contributed by atoms with Gasteiger partial charge in [0.1, 0.15) is 15.7 Å². The fourth-order valence-corrected chi connectivity index (χ4v) is 1.73. The fraction of sp³-hybridized carbons (Fsp3) is 0.444. The first-order valence-electron chi connectivity index (χ1n) is 4.27. The van der Waals surface area contributed by atoms with Crippen LogP contribution < -0.4 is 5.73 Å². The number of aromatic nitrogens is 1. The molecule has 0 amide bonds. The average Bonchev–Trinajstić information content (AvgIpc) is 2.05. The first kappa shape index (κ1) is 11.0. The smallest absolute Gasteiger partial charge is 0.147 e. The van der Waals surface area contributed by atoms with Crippen LogP contribution in [0.15, 0.2) is 12.3 Å². The summed E-state index contributed by atoms with van der Waals surface area (Å²) >= 11 is 0. The van der Waals surface area contributed by atoms with Gasteiger partial charge in [0.2, 0.25) is 0 Å². The molecule has 1 aromatic heterocycles. The Bertz CT molecular complexity index is 426. The summed E-state index contributed by atoms with van der Waals surface area (Å²) in [5.41, 5.74) is 7.40. The van der Waals surface area contributed by atoms with Crippen LogP contribution in [0.5, 0.6) is 0 Å². The van der Waals surface area contributed by atoms with E-state index in [0.717, 1.165) is 11.1 Å². The van der Waals surface area contributed by atoms with E-state index < -0.39 is 9.84 Å². The van der Waals surface area contributed by atoms with Gasteiger partial charge < -0.3 is 5.73 Å². The molecule has 14 heavy (non-hydrogen) atoms. The molecule has 0 fully saturated rings. The standard InChI is InChI=1S/C9H14N2O2S/c1-7-5-8(9(10)11-6-7)3-4-14(2,12)13/h5-6H,3-4H2,1-2H3,(H2,10,11). The molecular weight excluding hydrogens is 200 g/mol. The van der Waals surface area contributed by atoms with Gasteiger partial charge in [-0.2, -0.15) is 0 Å². The van der Waals surface area contributed by atoms with E-state index in [2.05, 4.69) is 4.98 Å². The van der Waals surface area contributed by atoms with Gasteiger partial charge in [-0.15, -0.1) is 0 Å². The molecule has 0 aromatic carbocycles. The minimum atomic E-state index is -2.94. The third-order valence-corrected chi connectivity index (χ3v) is 2.83. The highest BCUT2D eigenvalue weighted by Crippen LogP contribution is 2.11. The molecule has 0 unspecified atom stereocenters. The first-order valence-corrected chi connectivity index (χ1v) is 6.33. The number of nitrogens with zero attached hydrogens (tertiary/aromatic N) is 1. The van der Waals surface area contributed by atoms with E-state index in [1.165, 1.54) is 6.26 Å². The average molecular weight is 214 g/mol. The van der Waals surface area contributed by atoms with Crippen molar-refractivity contribution < 1.29 is 8.42 Å². The number of rotatable bonds is 3. The summed E-state index contributed by atoms with van der Waals surface area (Å²) in [6, 6.07) is 1.87. The second-order valence-corrected chi connectivity index (χ2v) is 5.70. The van der Waals surface area contributed by atoms with Crippen LogP contribution in [0, 0.1) is 6.92 Å². The van der Waals surface area contributed by atoms with Gasteiger partial charge in [0.25, 0.3) is 0 Å². The summed E-state index contributed by atoms with van der Waals surface area (Å²) in [6.07, 6.45) is 3.31. The van der Waals surface area contributed by atoms with Crippen LogP contribution in [0.25, 0.3) is 0 Å². The molecule has 0 aliphatic heterocycles. The number of nitrogens with two attached hydrogens (primary N) is 1. The molecule has 0 radical (unpaired) electrons. The molecule has 1 heterocycles. The van der Waals surface area contributed by atoms with Crippen LogP contribution in [-0.4, -0.2) is 25.4 Å². The summed E-state index contributed by atoms with van der Waals surface area (Å²) in [7, 11) is -2.94. The Morgan fingerprint density at radius 3 is 2.71 bits per heavy atom. The van der Waals surface area contributed by atoms with E-state index in [9.17, 15) is 8.42 Å². The fourth-order valence-electron chi connectivity index (χ4n) is 1.14. The Balaban J connectivity index is 2.81. The zero-order chi connectivity index (χ0) is 10.8. The SMILES string of the molecule is Cc1cnc(N)c(CCS(C)(=O)=O)c1. The van der Waals surface area contributed by atoms with Crippen LogP contribution >= 0.6 is 0 Å². The van der Waals surface area contributed by atoms with Gasteiger partial charge in [0.05, 0.1) is 5.75 Å². The number of sulfone groups is 1. The summed E-state index contributed by atoms with van der Waals surface area (Å²) in [6.45, 7) is 1.90. The molecule has 0 atom stereocenters. The lowest BCUT2D eigenvalue weighted by Gasteiger charge is -2.04. The van der Waals surface area contributed by atoms with Crippen molar-refractivity contribution in [3.63, 3.8) is 0 Å². The number of pyridine rings is 1. The summed E-state index contributed by atoms with van der Waals surface area (Å²) in [4.78, 5) is 3.96. The van der Waals surface area contributed by atoms with Crippen molar-refractivity contribution in [1.29, 1.82) is 0 Å². The molecule has 2 N–H and O–H groups in total. The van der Waals surface area contributed by atoms with Crippen LogP contribution in [0.4, 0.5) is 5.82 Å². The summed E-state index contributed by atoms with van der Waals surface area (Å²) in [5.74, 6) is 0.529. The monoisotopic (exact) mass is 214 g/mol. The van der Waals surface area contributed by atoms with Gasteiger partial charge in [-0.3, -0.25) is 0 Å². The van der Waals surface area contributed by atoms with Gasteiger partial charge in [0.15, 0.2) is 0 Å². The maximum absolute atomic E-state index is 10.9. The Kier molecular flexibility index (Phi) is 3.10. The number of hydrogen-bond donors (Lipinski definition) is 1. The molecule has 0 bridgehead atoms. The lowest BCUT2D eigenvalue weighted by atomic mass is 10.1. The molecule has 1 rings (SSSR count). The van der Waals surface area contributed by atoms with E-state index in [-0.39, 0.29) is 5.75 Å². The van der Waals surface area contributed by atoms with Crippen molar-refractivity contribution in [3.05, 3.63) is 23.4 Å². The van der Waals surface area contributed by atoms with Gasteiger partial charge >= 0.3 is 0 Å². The normalized spacial score (nSPS) is 11.6. The predicted octanol–water partition coefficient (Wildman–Crippen LogP) is 0.559. The molecule has 0 aliphatic rings. The third-order valence-electron chi connectivity index (χ3n) is 1.88. The van der Waals surface area contributed by atoms with E-state index in [4.69, 9.17) is 5.73 Å². The molecule has 1 aromatic rings. The highest BCUT2D eigenvalue weighted by molar-refractivity contribution is 7.90. The predicted molar refractivity (Wildman–Crippen MR) is 56.8 cm³/mol. The maximum atomic E-state index is 10.9. The van der Waals surface area contributed by atoms with Crippen LogP contribution in [0.3, 0.4) is 0 Å². The Morgan fingerprint density at radius 1 is 1.50 bits per heavy atom. The number of nitrogen functional groups attached to an aromatic ring is 1. The largest absolute Gasteiger partial charge is 0.383 e. The van der Waals surface area contributed by atoms with Gasteiger partial charge in [0, 0.05) is 12.5 Å². The minimum absolute atomic E-state index is 0.113. The highest BCUT2D eigenvalue weighted by Gasteiger charge is 2.06. The van der Waals surface area contributed by atoms with Crippen molar-refractivity contribution in [2.24, 2.45) is 0 Å².